The van der Waals surface area contributed by atoms with Crippen LogP contribution in [0.25, 0.3) is 0 Å². The van der Waals surface area contributed by atoms with Crippen LogP contribution < -0.4 is 14.8 Å². The largest absolute Gasteiger partial charge is 0.496 e. The maximum atomic E-state index is 5.46. The molecule has 1 unspecified atom stereocenters. The van der Waals surface area contributed by atoms with Gasteiger partial charge >= 0.3 is 0 Å². The first-order valence-electron chi connectivity index (χ1n) is 6.47. The number of nitrogens with zero attached hydrogens (tertiary/aromatic N) is 1. The van der Waals surface area contributed by atoms with Crippen LogP contribution in [-0.4, -0.2) is 45.3 Å². The summed E-state index contributed by atoms with van der Waals surface area (Å²) in [5.41, 5.74) is 1.15. The van der Waals surface area contributed by atoms with Gasteiger partial charge in [-0.05, 0) is 48.1 Å². The van der Waals surface area contributed by atoms with E-state index < -0.39 is 0 Å². The van der Waals surface area contributed by atoms with E-state index in [0.29, 0.717) is 6.04 Å². The van der Waals surface area contributed by atoms with E-state index in [9.17, 15) is 0 Å². The van der Waals surface area contributed by atoms with Crippen molar-refractivity contribution in [1.82, 2.24) is 10.2 Å². The number of hydrogen-bond donors (Lipinski definition) is 1. The molecule has 1 aliphatic heterocycles. The molecule has 1 atom stereocenters. The SMILES string of the molecule is COc1cc(CN(C)C2CCNC2)c(OC)cc1Br. The molecule has 0 saturated carbocycles. The van der Waals surface area contributed by atoms with Gasteiger partial charge in [-0.25, -0.2) is 0 Å². The molecule has 19 heavy (non-hydrogen) atoms. The van der Waals surface area contributed by atoms with Gasteiger partial charge in [-0.15, -0.1) is 0 Å². The van der Waals surface area contributed by atoms with E-state index in [4.69, 9.17) is 9.47 Å². The number of rotatable bonds is 5. The molecule has 0 radical (unpaired) electrons. The van der Waals surface area contributed by atoms with E-state index in [1.165, 1.54) is 6.42 Å². The maximum Gasteiger partial charge on any atom is 0.133 e. The van der Waals surface area contributed by atoms with E-state index >= 15 is 0 Å². The molecule has 1 aromatic carbocycles. The molecule has 106 valence electrons. The lowest BCUT2D eigenvalue weighted by Crippen LogP contribution is -2.32. The highest BCUT2D eigenvalue weighted by Gasteiger charge is 2.20. The van der Waals surface area contributed by atoms with Gasteiger partial charge in [-0.1, -0.05) is 0 Å². The van der Waals surface area contributed by atoms with Gasteiger partial charge in [0.15, 0.2) is 0 Å². The Labute approximate surface area is 123 Å². The highest BCUT2D eigenvalue weighted by molar-refractivity contribution is 9.10. The highest BCUT2D eigenvalue weighted by Crippen LogP contribution is 2.33. The molecule has 1 saturated heterocycles. The number of nitrogens with one attached hydrogen (secondary N) is 1. The van der Waals surface area contributed by atoms with Crippen LogP contribution in [0.1, 0.15) is 12.0 Å². The van der Waals surface area contributed by atoms with Crippen LogP contribution in [0.15, 0.2) is 16.6 Å². The second-order valence-corrected chi connectivity index (χ2v) is 5.71. The number of halogens is 1. The van der Waals surface area contributed by atoms with Crippen LogP contribution in [0.5, 0.6) is 11.5 Å². The Bertz CT molecular complexity index is 434. The second kappa shape index (κ2) is 6.59. The van der Waals surface area contributed by atoms with Crippen molar-refractivity contribution in [2.75, 3.05) is 34.4 Å². The molecule has 1 N–H and O–H groups in total. The number of ether oxygens (including phenoxy) is 2. The quantitative estimate of drug-likeness (QED) is 0.899. The summed E-state index contributed by atoms with van der Waals surface area (Å²) in [6, 6.07) is 4.61. The predicted molar refractivity (Wildman–Crippen MR) is 80.0 cm³/mol. The summed E-state index contributed by atoms with van der Waals surface area (Å²) in [4.78, 5) is 2.37. The Balaban J connectivity index is 2.17. The first-order valence-corrected chi connectivity index (χ1v) is 7.26. The van der Waals surface area contributed by atoms with E-state index in [0.717, 1.165) is 41.2 Å². The minimum atomic E-state index is 0.597. The molecule has 0 amide bonds. The summed E-state index contributed by atoms with van der Waals surface area (Å²) >= 11 is 3.49. The normalized spacial score (nSPS) is 18.9. The third-order valence-corrected chi connectivity index (χ3v) is 4.25. The molecule has 2 rings (SSSR count). The molecule has 0 aliphatic carbocycles. The van der Waals surface area contributed by atoms with Gasteiger partial charge in [-0.2, -0.15) is 0 Å². The Morgan fingerprint density at radius 1 is 1.32 bits per heavy atom. The van der Waals surface area contributed by atoms with E-state index in [1.54, 1.807) is 14.2 Å². The van der Waals surface area contributed by atoms with Gasteiger partial charge in [0.25, 0.3) is 0 Å². The summed E-state index contributed by atoms with van der Waals surface area (Å²) in [7, 11) is 5.54. The lowest BCUT2D eigenvalue weighted by molar-refractivity contribution is 0.244. The summed E-state index contributed by atoms with van der Waals surface area (Å²) < 4.78 is 11.7. The van der Waals surface area contributed by atoms with Gasteiger partial charge in [0.2, 0.25) is 0 Å². The number of likely N-dealkylation sites (N-methyl/N-ethyl adjacent to an activating group) is 1. The van der Waals surface area contributed by atoms with Gasteiger partial charge in [0.05, 0.1) is 18.7 Å². The molecular weight excluding hydrogens is 308 g/mol. The fourth-order valence-corrected chi connectivity index (χ4v) is 2.94. The smallest absolute Gasteiger partial charge is 0.133 e. The van der Waals surface area contributed by atoms with Gasteiger partial charge in [0.1, 0.15) is 11.5 Å². The van der Waals surface area contributed by atoms with Crippen molar-refractivity contribution >= 4 is 15.9 Å². The van der Waals surface area contributed by atoms with Crippen LogP contribution in [0, 0.1) is 0 Å². The lowest BCUT2D eigenvalue weighted by Gasteiger charge is -2.24. The molecule has 0 spiro atoms. The predicted octanol–water partition coefficient (Wildman–Crippen LogP) is 2.26. The fraction of sp³-hybridized carbons (Fsp3) is 0.571. The maximum absolute atomic E-state index is 5.46. The monoisotopic (exact) mass is 328 g/mol. The van der Waals surface area contributed by atoms with E-state index in [1.807, 2.05) is 12.1 Å². The molecule has 0 bridgehead atoms. The second-order valence-electron chi connectivity index (χ2n) is 4.86. The summed E-state index contributed by atoms with van der Waals surface area (Å²) in [6.45, 7) is 3.03. The summed E-state index contributed by atoms with van der Waals surface area (Å²) in [5.74, 6) is 1.74. The lowest BCUT2D eigenvalue weighted by atomic mass is 10.1. The van der Waals surface area contributed by atoms with Gasteiger partial charge in [-0.3, -0.25) is 4.90 Å². The molecule has 1 aromatic rings. The minimum absolute atomic E-state index is 0.597. The highest BCUT2D eigenvalue weighted by atomic mass is 79.9. The Morgan fingerprint density at radius 2 is 2.05 bits per heavy atom. The molecule has 5 heteroatoms. The first kappa shape index (κ1) is 14.6. The van der Waals surface area contributed by atoms with Crippen molar-refractivity contribution < 1.29 is 9.47 Å². The molecule has 4 nitrogen and oxygen atoms in total. The molecular formula is C14H21BrN2O2. The molecule has 1 aliphatic rings. The average Bonchev–Trinajstić information content (AvgIpc) is 2.94. The zero-order valence-electron chi connectivity index (χ0n) is 11.7. The van der Waals surface area contributed by atoms with Crippen molar-refractivity contribution in [2.24, 2.45) is 0 Å². The van der Waals surface area contributed by atoms with Crippen molar-refractivity contribution in [1.29, 1.82) is 0 Å². The van der Waals surface area contributed by atoms with Gasteiger partial charge in [0, 0.05) is 24.7 Å². The van der Waals surface area contributed by atoms with Crippen molar-refractivity contribution in [3.63, 3.8) is 0 Å². The van der Waals surface area contributed by atoms with Crippen LogP contribution in [0.3, 0.4) is 0 Å². The standard InChI is InChI=1S/C14H21BrN2O2/c1-17(11-4-5-16-8-11)9-10-6-14(19-3)12(15)7-13(10)18-2/h6-7,11,16H,4-5,8-9H2,1-3H3. The third-order valence-electron chi connectivity index (χ3n) is 3.63. The molecule has 1 fully saturated rings. The summed E-state index contributed by atoms with van der Waals surface area (Å²) in [5, 5.41) is 3.39. The van der Waals surface area contributed by atoms with Crippen LogP contribution >= 0.6 is 15.9 Å². The van der Waals surface area contributed by atoms with E-state index in [2.05, 4.69) is 33.2 Å². The number of methoxy groups -OCH3 is 2. The Kier molecular flexibility index (Phi) is 5.07. The van der Waals surface area contributed by atoms with E-state index in [-0.39, 0.29) is 0 Å². The molecule has 1 heterocycles. The van der Waals surface area contributed by atoms with Crippen molar-refractivity contribution in [3.05, 3.63) is 22.2 Å². The van der Waals surface area contributed by atoms with Crippen LogP contribution in [-0.2, 0) is 6.54 Å². The van der Waals surface area contributed by atoms with Crippen LogP contribution in [0.2, 0.25) is 0 Å². The van der Waals surface area contributed by atoms with Gasteiger partial charge < -0.3 is 14.8 Å². The van der Waals surface area contributed by atoms with Crippen molar-refractivity contribution in [3.8, 4) is 11.5 Å². The Morgan fingerprint density at radius 3 is 2.63 bits per heavy atom. The fourth-order valence-electron chi connectivity index (χ4n) is 2.46. The zero-order valence-corrected chi connectivity index (χ0v) is 13.3. The third kappa shape index (κ3) is 3.41. The minimum Gasteiger partial charge on any atom is -0.496 e. The topological polar surface area (TPSA) is 33.7 Å². The molecule has 0 aromatic heterocycles. The van der Waals surface area contributed by atoms with Crippen LogP contribution in [0.4, 0.5) is 0 Å². The zero-order chi connectivity index (χ0) is 13.8. The average molecular weight is 329 g/mol. The summed E-state index contributed by atoms with van der Waals surface area (Å²) in [6.07, 6.45) is 1.20. The number of benzene rings is 1. The van der Waals surface area contributed by atoms with Crippen molar-refractivity contribution in [2.45, 2.75) is 19.0 Å². The Hall–Kier alpha value is -0.780. The number of hydrogen-bond acceptors (Lipinski definition) is 4. The first-order chi connectivity index (χ1) is 9.15.